The molecule has 0 fully saturated rings. The van der Waals surface area contributed by atoms with Gasteiger partial charge in [0.1, 0.15) is 11.3 Å². The van der Waals surface area contributed by atoms with Gasteiger partial charge in [0.15, 0.2) is 0 Å². The lowest BCUT2D eigenvalue weighted by Gasteiger charge is -2.10. The molecule has 2 N–H and O–H groups in total. The molecule has 3 rings (SSSR count). The van der Waals surface area contributed by atoms with Gasteiger partial charge in [-0.2, -0.15) is 0 Å². The second kappa shape index (κ2) is 5.24. The molecule has 0 aliphatic carbocycles. The van der Waals surface area contributed by atoms with E-state index in [1.165, 1.54) is 5.56 Å². The maximum atomic E-state index is 6.29. The van der Waals surface area contributed by atoms with E-state index in [0.717, 1.165) is 26.8 Å². The topological polar surface area (TPSA) is 39.2 Å². The van der Waals surface area contributed by atoms with Crippen LogP contribution in [-0.4, -0.2) is 0 Å². The first kappa shape index (κ1) is 13.7. The van der Waals surface area contributed by atoms with Crippen molar-refractivity contribution in [2.75, 3.05) is 0 Å². The summed E-state index contributed by atoms with van der Waals surface area (Å²) in [5.74, 6) is 0.734. The van der Waals surface area contributed by atoms with Crippen LogP contribution in [0, 0.1) is 6.92 Å². The number of nitrogens with two attached hydrogens (primary N) is 1. The molecule has 0 bridgehead atoms. The number of halogens is 2. The van der Waals surface area contributed by atoms with Crippen molar-refractivity contribution in [3.63, 3.8) is 0 Å². The van der Waals surface area contributed by atoms with Gasteiger partial charge in [0.05, 0.1) is 6.04 Å². The van der Waals surface area contributed by atoms with E-state index in [1.54, 1.807) is 0 Å². The summed E-state index contributed by atoms with van der Waals surface area (Å²) in [6.45, 7) is 2.04. The van der Waals surface area contributed by atoms with E-state index < -0.39 is 0 Å². The van der Waals surface area contributed by atoms with Crippen molar-refractivity contribution >= 4 is 38.5 Å². The molecule has 0 amide bonds. The Morgan fingerprint density at radius 1 is 1.15 bits per heavy atom. The summed E-state index contributed by atoms with van der Waals surface area (Å²) in [6, 6.07) is 13.3. The van der Waals surface area contributed by atoms with Gasteiger partial charge < -0.3 is 10.2 Å². The largest absolute Gasteiger partial charge is 0.459 e. The van der Waals surface area contributed by atoms with E-state index in [1.807, 2.05) is 49.4 Å². The second-order valence-electron chi connectivity index (χ2n) is 4.82. The van der Waals surface area contributed by atoms with Gasteiger partial charge >= 0.3 is 0 Å². The van der Waals surface area contributed by atoms with Crippen LogP contribution >= 0.6 is 27.5 Å². The zero-order valence-electron chi connectivity index (χ0n) is 10.9. The van der Waals surface area contributed by atoms with E-state index in [-0.39, 0.29) is 6.04 Å². The Labute approximate surface area is 130 Å². The minimum absolute atomic E-state index is 0.293. The van der Waals surface area contributed by atoms with Crippen molar-refractivity contribution in [1.82, 2.24) is 0 Å². The third-order valence-corrected chi connectivity index (χ3v) is 4.45. The van der Waals surface area contributed by atoms with Gasteiger partial charge in [0.25, 0.3) is 0 Å². The molecular weight excluding hydrogens is 338 g/mol. The highest BCUT2D eigenvalue weighted by molar-refractivity contribution is 9.10. The maximum absolute atomic E-state index is 6.29. The standard InChI is InChI=1S/C16H13BrClNO/c1-9-2-3-10(7-13(9)17)16(19)15-8-11-6-12(18)4-5-14(11)20-15/h2-8,16H,19H2,1H3. The van der Waals surface area contributed by atoms with E-state index in [2.05, 4.69) is 15.9 Å². The van der Waals surface area contributed by atoms with Crippen LogP contribution in [0.2, 0.25) is 5.02 Å². The van der Waals surface area contributed by atoms with Crippen LogP contribution in [0.1, 0.15) is 22.9 Å². The average Bonchev–Trinajstić information content (AvgIpc) is 2.84. The van der Waals surface area contributed by atoms with Crippen LogP contribution in [0.3, 0.4) is 0 Å². The summed E-state index contributed by atoms with van der Waals surface area (Å²) in [7, 11) is 0. The van der Waals surface area contributed by atoms with Gasteiger partial charge in [-0.05, 0) is 48.4 Å². The molecule has 102 valence electrons. The normalized spacial score (nSPS) is 12.8. The molecule has 0 aliphatic heterocycles. The highest BCUT2D eigenvalue weighted by atomic mass is 79.9. The van der Waals surface area contributed by atoms with Gasteiger partial charge in [-0.15, -0.1) is 0 Å². The number of fused-ring (bicyclic) bond motifs is 1. The predicted octanol–water partition coefficient (Wildman–Crippen LogP) is 5.21. The Kier molecular flexibility index (Phi) is 3.59. The van der Waals surface area contributed by atoms with Crippen LogP contribution in [-0.2, 0) is 0 Å². The maximum Gasteiger partial charge on any atom is 0.134 e. The smallest absolute Gasteiger partial charge is 0.134 e. The van der Waals surface area contributed by atoms with E-state index in [4.69, 9.17) is 21.8 Å². The van der Waals surface area contributed by atoms with Gasteiger partial charge in [-0.3, -0.25) is 0 Å². The Balaban J connectivity index is 2.02. The Hall–Kier alpha value is -1.29. The van der Waals surface area contributed by atoms with Crippen LogP contribution in [0.25, 0.3) is 11.0 Å². The Morgan fingerprint density at radius 2 is 1.95 bits per heavy atom. The molecule has 3 aromatic rings. The number of hydrogen-bond donors (Lipinski definition) is 1. The molecule has 0 aliphatic rings. The van der Waals surface area contributed by atoms with Crippen molar-refractivity contribution < 1.29 is 4.42 Å². The number of furan rings is 1. The molecule has 4 heteroatoms. The molecule has 1 atom stereocenters. The summed E-state index contributed by atoms with van der Waals surface area (Å²) in [5, 5.41) is 1.66. The van der Waals surface area contributed by atoms with Crippen molar-refractivity contribution in [3.8, 4) is 0 Å². The molecule has 0 spiro atoms. The first-order chi connectivity index (χ1) is 9.54. The van der Waals surface area contributed by atoms with Gasteiger partial charge in [-0.1, -0.05) is 39.7 Å². The van der Waals surface area contributed by atoms with Crippen LogP contribution in [0.4, 0.5) is 0 Å². The SMILES string of the molecule is Cc1ccc(C(N)c2cc3cc(Cl)ccc3o2)cc1Br. The lowest BCUT2D eigenvalue weighted by atomic mass is 10.0. The quantitative estimate of drug-likeness (QED) is 0.689. The molecule has 2 nitrogen and oxygen atoms in total. The molecular formula is C16H13BrClNO. The lowest BCUT2D eigenvalue weighted by molar-refractivity contribution is 0.525. The van der Waals surface area contributed by atoms with Gasteiger partial charge in [-0.25, -0.2) is 0 Å². The first-order valence-electron chi connectivity index (χ1n) is 6.25. The van der Waals surface area contributed by atoms with E-state index >= 15 is 0 Å². The van der Waals surface area contributed by atoms with Crippen molar-refractivity contribution in [2.24, 2.45) is 5.73 Å². The average molecular weight is 351 g/mol. The zero-order valence-corrected chi connectivity index (χ0v) is 13.2. The molecule has 0 saturated carbocycles. The third-order valence-electron chi connectivity index (χ3n) is 3.36. The molecule has 1 heterocycles. The predicted molar refractivity (Wildman–Crippen MR) is 86.1 cm³/mol. The van der Waals surface area contributed by atoms with Crippen molar-refractivity contribution in [2.45, 2.75) is 13.0 Å². The lowest BCUT2D eigenvalue weighted by Crippen LogP contribution is -2.10. The highest BCUT2D eigenvalue weighted by Gasteiger charge is 2.15. The fraction of sp³-hybridized carbons (Fsp3) is 0.125. The van der Waals surface area contributed by atoms with Gasteiger partial charge in [0.2, 0.25) is 0 Å². The summed E-state index contributed by atoms with van der Waals surface area (Å²) in [6.07, 6.45) is 0. The molecule has 2 aromatic carbocycles. The molecule has 0 saturated heterocycles. The molecule has 1 unspecified atom stereocenters. The minimum Gasteiger partial charge on any atom is -0.459 e. The molecule has 1 aromatic heterocycles. The summed E-state index contributed by atoms with van der Waals surface area (Å²) in [4.78, 5) is 0. The number of benzene rings is 2. The molecule has 20 heavy (non-hydrogen) atoms. The molecule has 0 radical (unpaired) electrons. The number of hydrogen-bond acceptors (Lipinski definition) is 2. The first-order valence-corrected chi connectivity index (χ1v) is 7.42. The fourth-order valence-electron chi connectivity index (χ4n) is 2.15. The Bertz CT molecular complexity index is 781. The van der Waals surface area contributed by atoms with Crippen molar-refractivity contribution in [1.29, 1.82) is 0 Å². The zero-order chi connectivity index (χ0) is 14.3. The van der Waals surface area contributed by atoms with Crippen LogP contribution in [0.5, 0.6) is 0 Å². The van der Waals surface area contributed by atoms with Gasteiger partial charge in [0, 0.05) is 14.9 Å². The van der Waals surface area contributed by atoms with Crippen LogP contribution < -0.4 is 5.73 Å². The highest BCUT2D eigenvalue weighted by Crippen LogP contribution is 2.30. The van der Waals surface area contributed by atoms with E-state index in [0.29, 0.717) is 5.02 Å². The monoisotopic (exact) mass is 349 g/mol. The third kappa shape index (κ3) is 2.49. The fourth-order valence-corrected chi connectivity index (χ4v) is 2.73. The summed E-state index contributed by atoms with van der Waals surface area (Å²) >= 11 is 9.51. The van der Waals surface area contributed by atoms with E-state index in [9.17, 15) is 0 Å². The minimum atomic E-state index is -0.293. The van der Waals surface area contributed by atoms with Crippen molar-refractivity contribution in [3.05, 3.63) is 68.8 Å². The summed E-state index contributed by atoms with van der Waals surface area (Å²) in [5.41, 5.74) is 9.27. The second-order valence-corrected chi connectivity index (χ2v) is 6.11. The Morgan fingerprint density at radius 3 is 2.70 bits per heavy atom. The van der Waals surface area contributed by atoms with Crippen LogP contribution in [0.15, 0.2) is 51.4 Å². The number of aryl methyl sites for hydroxylation is 1. The number of rotatable bonds is 2. The summed E-state index contributed by atoms with van der Waals surface area (Å²) < 4.78 is 6.86.